The van der Waals surface area contributed by atoms with Crippen molar-refractivity contribution in [1.82, 2.24) is 14.7 Å². The Kier molecular flexibility index (Phi) is 5.99. The van der Waals surface area contributed by atoms with Crippen LogP contribution in [0.5, 0.6) is 0 Å². The van der Waals surface area contributed by atoms with Crippen LogP contribution in [0.4, 0.5) is 0 Å². The highest BCUT2D eigenvalue weighted by atomic mass is 16.5. The number of rotatable bonds is 4. The Bertz CT molecular complexity index is 941. The Balaban J connectivity index is 1.39. The number of fused-ring (bicyclic) bond motifs is 1. The highest BCUT2D eigenvalue weighted by molar-refractivity contribution is 5.82. The van der Waals surface area contributed by atoms with E-state index in [1.807, 2.05) is 17.9 Å². The molecule has 0 unspecified atom stereocenters. The van der Waals surface area contributed by atoms with Crippen LogP contribution >= 0.6 is 0 Å². The van der Waals surface area contributed by atoms with Gasteiger partial charge in [-0.3, -0.25) is 14.6 Å². The smallest absolute Gasteiger partial charge is 0.336 e. The maximum atomic E-state index is 12.6. The SMILES string of the molecule is Cc1cc2oc(=O)cc(CN3CCN(C(=O)CN4CCOCC4)CC3)c2cc1C. The van der Waals surface area contributed by atoms with Gasteiger partial charge in [-0.2, -0.15) is 0 Å². The molecule has 0 spiro atoms. The summed E-state index contributed by atoms with van der Waals surface area (Å²) in [4.78, 5) is 31.0. The lowest BCUT2D eigenvalue weighted by molar-refractivity contribution is -0.135. The third-order valence-electron chi connectivity index (χ3n) is 6.03. The minimum atomic E-state index is -0.310. The first-order valence-corrected chi connectivity index (χ1v) is 10.3. The zero-order valence-corrected chi connectivity index (χ0v) is 17.3. The number of piperazine rings is 1. The molecule has 1 aromatic heterocycles. The lowest BCUT2D eigenvalue weighted by Crippen LogP contribution is -2.52. The number of morpholine rings is 1. The molecule has 2 fully saturated rings. The molecule has 1 amide bonds. The number of benzene rings is 1. The van der Waals surface area contributed by atoms with Gasteiger partial charge in [0.25, 0.3) is 0 Å². The third kappa shape index (κ3) is 4.69. The van der Waals surface area contributed by atoms with Crippen molar-refractivity contribution < 1.29 is 13.9 Å². The molecule has 0 saturated carbocycles. The van der Waals surface area contributed by atoms with E-state index in [4.69, 9.17) is 9.15 Å². The van der Waals surface area contributed by atoms with Gasteiger partial charge in [0, 0.05) is 57.3 Å². The quantitative estimate of drug-likeness (QED) is 0.724. The van der Waals surface area contributed by atoms with E-state index < -0.39 is 0 Å². The summed E-state index contributed by atoms with van der Waals surface area (Å²) in [6, 6.07) is 5.65. The van der Waals surface area contributed by atoms with Crippen LogP contribution in [0.25, 0.3) is 11.0 Å². The second-order valence-corrected chi connectivity index (χ2v) is 8.07. The normalized spacial score (nSPS) is 19.0. The summed E-state index contributed by atoms with van der Waals surface area (Å²) in [5.74, 6) is 0.198. The fourth-order valence-corrected chi connectivity index (χ4v) is 4.06. The Morgan fingerprint density at radius 3 is 2.34 bits per heavy atom. The molecule has 4 rings (SSSR count). The molecule has 7 heteroatoms. The molecule has 0 bridgehead atoms. The van der Waals surface area contributed by atoms with E-state index in [2.05, 4.69) is 22.8 Å². The first-order chi connectivity index (χ1) is 14.0. The molecule has 2 aliphatic rings. The second-order valence-electron chi connectivity index (χ2n) is 8.07. The zero-order valence-electron chi connectivity index (χ0n) is 17.3. The fraction of sp³-hybridized carbons (Fsp3) is 0.545. The van der Waals surface area contributed by atoms with Crippen LogP contribution < -0.4 is 5.63 Å². The van der Waals surface area contributed by atoms with Gasteiger partial charge in [0.2, 0.25) is 5.91 Å². The molecule has 3 heterocycles. The molecular weight excluding hydrogens is 370 g/mol. The van der Waals surface area contributed by atoms with Crippen molar-refractivity contribution in [2.24, 2.45) is 0 Å². The van der Waals surface area contributed by atoms with Gasteiger partial charge in [-0.1, -0.05) is 0 Å². The standard InChI is InChI=1S/C22H29N3O4/c1-16-11-19-18(13-22(27)29-20(19)12-17(16)2)14-23-3-5-25(6-4-23)21(26)15-24-7-9-28-10-8-24/h11-13H,3-10,14-15H2,1-2H3. The number of carbonyl (C=O) groups excluding carboxylic acids is 1. The minimum absolute atomic E-state index is 0.198. The Labute approximate surface area is 170 Å². The van der Waals surface area contributed by atoms with Gasteiger partial charge in [0.1, 0.15) is 5.58 Å². The van der Waals surface area contributed by atoms with Crippen molar-refractivity contribution in [2.45, 2.75) is 20.4 Å². The molecule has 0 atom stereocenters. The van der Waals surface area contributed by atoms with Crippen LogP contribution in [0.15, 0.2) is 27.4 Å². The van der Waals surface area contributed by atoms with Crippen LogP contribution in [-0.2, 0) is 16.1 Å². The number of amides is 1. The second kappa shape index (κ2) is 8.65. The molecule has 0 N–H and O–H groups in total. The monoisotopic (exact) mass is 399 g/mol. The van der Waals surface area contributed by atoms with Crippen LogP contribution in [-0.4, -0.2) is 79.6 Å². The first-order valence-electron chi connectivity index (χ1n) is 10.3. The van der Waals surface area contributed by atoms with E-state index in [-0.39, 0.29) is 11.5 Å². The molecule has 0 radical (unpaired) electrons. The molecule has 0 aliphatic carbocycles. The molecule has 29 heavy (non-hydrogen) atoms. The van der Waals surface area contributed by atoms with Gasteiger partial charge in [-0.25, -0.2) is 4.79 Å². The number of hydrogen-bond donors (Lipinski definition) is 0. The summed E-state index contributed by atoms with van der Waals surface area (Å²) in [6.45, 7) is 11.4. The van der Waals surface area contributed by atoms with Crippen LogP contribution in [0, 0.1) is 13.8 Å². The predicted octanol–water partition coefficient (Wildman–Crippen LogP) is 1.39. The Morgan fingerprint density at radius 1 is 0.931 bits per heavy atom. The van der Waals surface area contributed by atoms with Crippen molar-refractivity contribution >= 4 is 16.9 Å². The average molecular weight is 399 g/mol. The summed E-state index contributed by atoms with van der Waals surface area (Å²) in [6.07, 6.45) is 0. The Hall–Kier alpha value is -2.22. The molecule has 156 valence electrons. The molecule has 7 nitrogen and oxygen atoms in total. The van der Waals surface area contributed by atoms with Crippen LogP contribution in [0.2, 0.25) is 0 Å². The van der Waals surface area contributed by atoms with E-state index in [0.717, 1.165) is 55.8 Å². The summed E-state index contributed by atoms with van der Waals surface area (Å²) < 4.78 is 10.8. The first kappa shape index (κ1) is 20.1. The van der Waals surface area contributed by atoms with Crippen molar-refractivity contribution in [2.75, 3.05) is 59.0 Å². The van der Waals surface area contributed by atoms with Crippen molar-refractivity contribution in [3.63, 3.8) is 0 Å². The topological polar surface area (TPSA) is 66.2 Å². The van der Waals surface area contributed by atoms with Crippen LogP contribution in [0.1, 0.15) is 16.7 Å². The Morgan fingerprint density at radius 2 is 1.62 bits per heavy atom. The largest absolute Gasteiger partial charge is 0.423 e. The number of ether oxygens (including phenoxy) is 1. The lowest BCUT2D eigenvalue weighted by atomic mass is 10.0. The van der Waals surface area contributed by atoms with Crippen LogP contribution in [0.3, 0.4) is 0 Å². The predicted molar refractivity (Wildman–Crippen MR) is 111 cm³/mol. The molecule has 2 aromatic rings. The number of aryl methyl sites for hydroxylation is 2. The van der Waals surface area contributed by atoms with Gasteiger partial charge in [-0.05, 0) is 42.7 Å². The van der Waals surface area contributed by atoms with Gasteiger partial charge in [0.05, 0.1) is 19.8 Å². The lowest BCUT2D eigenvalue weighted by Gasteiger charge is -2.36. The zero-order chi connectivity index (χ0) is 20.4. The highest BCUT2D eigenvalue weighted by Crippen LogP contribution is 2.23. The summed E-state index contributed by atoms with van der Waals surface area (Å²) in [5.41, 5.74) is 3.63. The van der Waals surface area contributed by atoms with Gasteiger partial charge in [-0.15, -0.1) is 0 Å². The van der Waals surface area contributed by atoms with E-state index in [1.54, 1.807) is 6.07 Å². The third-order valence-corrected chi connectivity index (χ3v) is 6.03. The van der Waals surface area contributed by atoms with Gasteiger partial charge in [0.15, 0.2) is 0 Å². The number of nitrogens with zero attached hydrogens (tertiary/aromatic N) is 3. The highest BCUT2D eigenvalue weighted by Gasteiger charge is 2.24. The van der Waals surface area contributed by atoms with Crippen molar-refractivity contribution in [3.05, 3.63) is 45.3 Å². The molecule has 1 aromatic carbocycles. The summed E-state index contributed by atoms with van der Waals surface area (Å²) in [7, 11) is 0. The number of carbonyl (C=O) groups is 1. The molecule has 2 aliphatic heterocycles. The van der Waals surface area contributed by atoms with E-state index in [9.17, 15) is 9.59 Å². The van der Waals surface area contributed by atoms with Gasteiger partial charge < -0.3 is 14.1 Å². The molecular formula is C22H29N3O4. The summed E-state index contributed by atoms with van der Waals surface area (Å²) >= 11 is 0. The fourth-order valence-electron chi connectivity index (χ4n) is 4.06. The van der Waals surface area contributed by atoms with E-state index in [0.29, 0.717) is 31.9 Å². The molecule has 2 saturated heterocycles. The van der Waals surface area contributed by atoms with Gasteiger partial charge >= 0.3 is 5.63 Å². The average Bonchev–Trinajstić information content (AvgIpc) is 2.71. The maximum Gasteiger partial charge on any atom is 0.336 e. The van der Waals surface area contributed by atoms with E-state index >= 15 is 0 Å². The number of hydrogen-bond acceptors (Lipinski definition) is 6. The van der Waals surface area contributed by atoms with E-state index in [1.165, 1.54) is 5.56 Å². The van der Waals surface area contributed by atoms with Crippen molar-refractivity contribution in [1.29, 1.82) is 0 Å². The van der Waals surface area contributed by atoms with Crippen molar-refractivity contribution in [3.8, 4) is 0 Å². The maximum absolute atomic E-state index is 12.6. The minimum Gasteiger partial charge on any atom is -0.423 e. The summed E-state index contributed by atoms with van der Waals surface area (Å²) in [5, 5.41) is 0.999.